The van der Waals surface area contributed by atoms with Gasteiger partial charge in [-0.05, 0) is 30.4 Å². The Balaban J connectivity index is 1.81. The lowest BCUT2D eigenvalue weighted by Gasteiger charge is -2.24. The number of nitrogens with one attached hydrogen (secondary N) is 1. The molecule has 1 unspecified atom stereocenters. The smallest absolute Gasteiger partial charge is 0.330 e. The number of carboxylic acids is 1. The van der Waals surface area contributed by atoms with Crippen molar-refractivity contribution < 1.29 is 19.4 Å². The molecule has 1 saturated heterocycles. The predicted molar refractivity (Wildman–Crippen MR) is 82.0 cm³/mol. The van der Waals surface area contributed by atoms with E-state index in [1.807, 2.05) is 0 Å². The van der Waals surface area contributed by atoms with Crippen LogP contribution in [-0.4, -0.2) is 40.6 Å². The fraction of sp³-hybridized carbons (Fsp3) is 0.429. The maximum absolute atomic E-state index is 11.9. The molecule has 1 aliphatic heterocycles. The zero-order valence-electron chi connectivity index (χ0n) is 11.3. The molecule has 1 aromatic carbocycles. The normalized spacial score (nSPS) is 21.0. The molecule has 21 heavy (non-hydrogen) atoms. The third kappa shape index (κ3) is 4.28. The number of benzene rings is 1. The molecule has 2 N–H and O–H groups in total. The minimum absolute atomic E-state index is 0.103. The van der Waals surface area contributed by atoms with Crippen LogP contribution in [-0.2, 0) is 9.59 Å². The highest BCUT2D eigenvalue weighted by Gasteiger charge is 2.43. The van der Waals surface area contributed by atoms with E-state index in [9.17, 15) is 14.7 Å². The van der Waals surface area contributed by atoms with Gasteiger partial charge in [-0.25, -0.2) is 4.79 Å². The number of amides is 1. The fourth-order valence-electron chi connectivity index (χ4n) is 2.03. The number of carboxylic acid groups (broad SMARTS) is 1. The van der Waals surface area contributed by atoms with Gasteiger partial charge in [-0.2, -0.15) is 11.8 Å². The molecule has 2 rings (SSSR count). The van der Waals surface area contributed by atoms with Crippen LogP contribution in [0, 0.1) is 0 Å². The van der Waals surface area contributed by atoms with Crippen molar-refractivity contribution in [2.24, 2.45) is 0 Å². The van der Waals surface area contributed by atoms with Gasteiger partial charge in [0, 0.05) is 10.8 Å². The third-order valence-electron chi connectivity index (χ3n) is 3.20. The molecule has 1 fully saturated rings. The summed E-state index contributed by atoms with van der Waals surface area (Å²) in [6.07, 6.45) is 0.556. The second kappa shape index (κ2) is 7.04. The molecule has 0 aliphatic carbocycles. The van der Waals surface area contributed by atoms with E-state index in [1.165, 1.54) is 11.8 Å². The lowest BCUT2D eigenvalue weighted by molar-refractivity contribution is -0.146. The molecule has 1 heterocycles. The summed E-state index contributed by atoms with van der Waals surface area (Å²) in [5.74, 6) is 0.438. The van der Waals surface area contributed by atoms with E-state index >= 15 is 0 Å². The zero-order chi connectivity index (χ0) is 15.3. The molecule has 1 aliphatic rings. The first-order valence-corrected chi connectivity index (χ1v) is 8.06. The van der Waals surface area contributed by atoms with Gasteiger partial charge >= 0.3 is 5.97 Å². The lowest BCUT2D eigenvalue weighted by atomic mass is 9.99. The minimum atomic E-state index is -1.13. The van der Waals surface area contributed by atoms with E-state index in [4.69, 9.17) is 16.3 Å². The fourth-order valence-corrected chi connectivity index (χ4v) is 3.54. The summed E-state index contributed by atoms with van der Waals surface area (Å²) in [7, 11) is 0. The molecule has 1 amide bonds. The van der Waals surface area contributed by atoms with Crippen molar-refractivity contribution in [1.29, 1.82) is 0 Å². The summed E-state index contributed by atoms with van der Waals surface area (Å²) in [5, 5.41) is 12.5. The Morgan fingerprint density at radius 3 is 2.90 bits per heavy atom. The van der Waals surface area contributed by atoms with Crippen LogP contribution in [0.1, 0.15) is 12.8 Å². The molecule has 5 nitrogen and oxygen atoms in total. The van der Waals surface area contributed by atoms with E-state index < -0.39 is 11.5 Å². The largest absolute Gasteiger partial charge is 0.493 e. The quantitative estimate of drug-likeness (QED) is 0.836. The number of ether oxygens (including phenoxy) is 1. The van der Waals surface area contributed by atoms with Crippen LogP contribution in [0.3, 0.4) is 0 Å². The first-order chi connectivity index (χ1) is 10.0. The van der Waals surface area contributed by atoms with Gasteiger partial charge in [0.25, 0.3) is 0 Å². The maximum Gasteiger partial charge on any atom is 0.330 e. The third-order valence-corrected chi connectivity index (χ3v) is 4.63. The number of aliphatic carboxylic acids is 1. The Hall–Kier alpha value is -1.40. The molecule has 0 radical (unpaired) electrons. The van der Waals surface area contributed by atoms with Gasteiger partial charge in [-0.3, -0.25) is 4.79 Å². The van der Waals surface area contributed by atoms with Crippen LogP contribution in [0.5, 0.6) is 5.75 Å². The SMILES string of the molecule is O=C(CCOc1cccc(Cl)c1)NC1(C(=O)O)CCSC1. The first kappa shape index (κ1) is 16.0. The standard InChI is InChI=1S/C14H16ClNO4S/c15-10-2-1-3-11(8-10)20-6-4-12(17)16-14(13(18)19)5-7-21-9-14/h1-3,8H,4-7,9H2,(H,16,17)(H,18,19). The van der Waals surface area contributed by atoms with Crippen molar-refractivity contribution in [3.63, 3.8) is 0 Å². The highest BCUT2D eigenvalue weighted by atomic mass is 35.5. The minimum Gasteiger partial charge on any atom is -0.493 e. The second-order valence-electron chi connectivity index (χ2n) is 4.79. The molecule has 0 aromatic heterocycles. The topological polar surface area (TPSA) is 75.6 Å². The zero-order valence-corrected chi connectivity index (χ0v) is 12.9. The van der Waals surface area contributed by atoms with Crippen LogP contribution in [0.2, 0.25) is 5.02 Å². The van der Waals surface area contributed by atoms with E-state index in [1.54, 1.807) is 24.3 Å². The van der Waals surface area contributed by atoms with E-state index in [0.717, 1.165) is 5.75 Å². The summed E-state index contributed by atoms with van der Waals surface area (Å²) in [6, 6.07) is 6.89. The predicted octanol–water partition coefficient (Wildman–Crippen LogP) is 2.19. The van der Waals surface area contributed by atoms with Crippen LogP contribution in [0.4, 0.5) is 0 Å². The summed E-state index contributed by atoms with van der Waals surface area (Å²) < 4.78 is 5.42. The number of halogens is 1. The molecule has 0 spiro atoms. The van der Waals surface area contributed by atoms with Gasteiger partial charge in [0.1, 0.15) is 11.3 Å². The van der Waals surface area contributed by atoms with Crippen molar-refractivity contribution in [2.45, 2.75) is 18.4 Å². The molecule has 0 bridgehead atoms. The number of rotatable bonds is 6. The van der Waals surface area contributed by atoms with Crippen molar-refractivity contribution in [3.05, 3.63) is 29.3 Å². The van der Waals surface area contributed by atoms with Crippen LogP contribution in [0.15, 0.2) is 24.3 Å². The number of hydrogen-bond donors (Lipinski definition) is 2. The van der Waals surface area contributed by atoms with Gasteiger partial charge in [0.05, 0.1) is 13.0 Å². The van der Waals surface area contributed by atoms with E-state index in [2.05, 4.69) is 5.32 Å². The van der Waals surface area contributed by atoms with Crippen LogP contribution >= 0.6 is 23.4 Å². The molecule has 7 heteroatoms. The van der Waals surface area contributed by atoms with Gasteiger partial charge in [-0.15, -0.1) is 0 Å². The molecular weight excluding hydrogens is 314 g/mol. The molecule has 0 saturated carbocycles. The molecule has 114 valence electrons. The summed E-state index contributed by atoms with van der Waals surface area (Å²) in [6.45, 7) is 0.176. The molecule has 1 atom stereocenters. The average molecular weight is 330 g/mol. The van der Waals surface area contributed by atoms with Gasteiger partial charge in [0.15, 0.2) is 0 Å². The first-order valence-electron chi connectivity index (χ1n) is 6.52. The number of thioether (sulfide) groups is 1. The number of hydrogen-bond acceptors (Lipinski definition) is 4. The average Bonchev–Trinajstić information content (AvgIpc) is 2.88. The van der Waals surface area contributed by atoms with Crippen molar-refractivity contribution >= 4 is 35.2 Å². The summed E-state index contributed by atoms with van der Waals surface area (Å²) in [5.41, 5.74) is -1.13. The van der Waals surface area contributed by atoms with Crippen LogP contribution < -0.4 is 10.1 Å². The highest BCUT2D eigenvalue weighted by Crippen LogP contribution is 2.28. The Labute approximate surface area is 132 Å². The highest BCUT2D eigenvalue weighted by molar-refractivity contribution is 7.99. The second-order valence-corrected chi connectivity index (χ2v) is 6.34. The Morgan fingerprint density at radius 1 is 1.48 bits per heavy atom. The maximum atomic E-state index is 11.9. The number of carbonyl (C=O) groups excluding carboxylic acids is 1. The molecule has 1 aromatic rings. The van der Waals surface area contributed by atoms with Crippen molar-refractivity contribution in [1.82, 2.24) is 5.32 Å². The Morgan fingerprint density at radius 2 is 2.29 bits per heavy atom. The van der Waals surface area contributed by atoms with Crippen molar-refractivity contribution in [2.75, 3.05) is 18.1 Å². The summed E-state index contributed by atoms with van der Waals surface area (Å²) >= 11 is 7.36. The lowest BCUT2D eigenvalue weighted by Crippen LogP contribution is -2.54. The van der Waals surface area contributed by atoms with Crippen molar-refractivity contribution in [3.8, 4) is 5.75 Å². The monoisotopic (exact) mass is 329 g/mol. The Bertz CT molecular complexity index is 531. The molecular formula is C14H16ClNO4S. The van der Waals surface area contributed by atoms with E-state index in [0.29, 0.717) is 22.9 Å². The van der Waals surface area contributed by atoms with Gasteiger partial charge < -0.3 is 15.2 Å². The Kier molecular flexibility index (Phi) is 5.36. The van der Waals surface area contributed by atoms with E-state index in [-0.39, 0.29) is 18.9 Å². The number of carbonyl (C=O) groups is 2. The van der Waals surface area contributed by atoms with Gasteiger partial charge in [-0.1, -0.05) is 17.7 Å². The van der Waals surface area contributed by atoms with Crippen LogP contribution in [0.25, 0.3) is 0 Å². The summed E-state index contributed by atoms with van der Waals surface area (Å²) in [4.78, 5) is 23.2. The van der Waals surface area contributed by atoms with Gasteiger partial charge in [0.2, 0.25) is 5.91 Å².